The summed E-state index contributed by atoms with van der Waals surface area (Å²) < 4.78 is 26.3. The van der Waals surface area contributed by atoms with E-state index in [4.69, 9.17) is 17.3 Å². The Hall–Kier alpha value is -1.20. The molecular weight excluding hydrogens is 286 g/mol. The highest BCUT2D eigenvalue weighted by Gasteiger charge is 2.42. The predicted molar refractivity (Wildman–Crippen MR) is 71.5 cm³/mol. The van der Waals surface area contributed by atoms with Crippen molar-refractivity contribution in [2.45, 2.75) is 18.9 Å². The fraction of sp³-hybridized carbons (Fsp3) is 0.500. The minimum Gasteiger partial charge on any atom is -0.338 e. The number of carbonyl (C=O) groups is 1. The molecular formula is C14H15ClF2N2O. The quantitative estimate of drug-likeness (QED) is 0.810. The van der Waals surface area contributed by atoms with E-state index in [2.05, 4.69) is 0 Å². The lowest BCUT2D eigenvalue weighted by molar-refractivity contribution is 0.0779. The summed E-state index contributed by atoms with van der Waals surface area (Å²) >= 11 is 5.85. The van der Waals surface area contributed by atoms with E-state index >= 15 is 0 Å². The second-order valence-electron chi connectivity index (χ2n) is 5.62. The third-order valence-electron chi connectivity index (χ3n) is 4.44. The van der Waals surface area contributed by atoms with Crippen LogP contribution >= 0.6 is 11.6 Å². The maximum atomic E-state index is 13.3. The van der Waals surface area contributed by atoms with E-state index in [9.17, 15) is 13.6 Å². The summed E-state index contributed by atoms with van der Waals surface area (Å²) in [5.41, 5.74) is 6.03. The van der Waals surface area contributed by atoms with Crippen molar-refractivity contribution in [1.82, 2.24) is 4.90 Å². The average Bonchev–Trinajstić information content (AvgIpc) is 2.96. The number of halogens is 3. The SMILES string of the molecule is NC1CCC2CN(C(=O)c3cc(F)c(F)cc3Cl)CC12. The lowest BCUT2D eigenvalue weighted by atomic mass is 9.98. The number of rotatable bonds is 1. The zero-order chi connectivity index (χ0) is 14.4. The smallest absolute Gasteiger partial charge is 0.255 e. The van der Waals surface area contributed by atoms with E-state index in [0.29, 0.717) is 24.9 Å². The fourth-order valence-corrected chi connectivity index (χ4v) is 3.56. The van der Waals surface area contributed by atoms with Crippen LogP contribution in [0.1, 0.15) is 23.2 Å². The minimum absolute atomic E-state index is 0.0131. The van der Waals surface area contributed by atoms with Crippen molar-refractivity contribution in [2.24, 2.45) is 17.6 Å². The van der Waals surface area contributed by atoms with Crippen LogP contribution in [0.25, 0.3) is 0 Å². The molecule has 3 unspecified atom stereocenters. The molecule has 2 N–H and O–H groups in total. The van der Waals surface area contributed by atoms with Crippen molar-refractivity contribution in [1.29, 1.82) is 0 Å². The first-order chi connectivity index (χ1) is 9.47. The zero-order valence-corrected chi connectivity index (χ0v) is 11.5. The molecule has 1 aromatic carbocycles. The van der Waals surface area contributed by atoms with Crippen LogP contribution in [-0.2, 0) is 0 Å². The first-order valence-electron chi connectivity index (χ1n) is 6.66. The van der Waals surface area contributed by atoms with Gasteiger partial charge in [-0.2, -0.15) is 0 Å². The molecule has 1 aliphatic carbocycles. The van der Waals surface area contributed by atoms with Crippen molar-refractivity contribution >= 4 is 17.5 Å². The summed E-state index contributed by atoms with van der Waals surface area (Å²) in [6, 6.07) is 1.83. The molecule has 2 aliphatic rings. The van der Waals surface area contributed by atoms with E-state index in [1.807, 2.05) is 0 Å². The van der Waals surface area contributed by atoms with Gasteiger partial charge in [0.15, 0.2) is 11.6 Å². The summed E-state index contributed by atoms with van der Waals surface area (Å²) in [5.74, 6) is -1.74. The molecule has 20 heavy (non-hydrogen) atoms. The minimum atomic E-state index is -1.06. The van der Waals surface area contributed by atoms with E-state index in [-0.39, 0.29) is 22.5 Å². The molecule has 1 saturated heterocycles. The second-order valence-corrected chi connectivity index (χ2v) is 6.03. The Balaban J connectivity index is 1.82. The highest BCUT2D eigenvalue weighted by Crippen LogP contribution is 2.38. The molecule has 1 amide bonds. The highest BCUT2D eigenvalue weighted by atomic mass is 35.5. The van der Waals surface area contributed by atoms with Gasteiger partial charge in [0, 0.05) is 19.1 Å². The molecule has 108 valence electrons. The van der Waals surface area contributed by atoms with Crippen LogP contribution in [0.5, 0.6) is 0 Å². The molecule has 6 heteroatoms. The number of nitrogens with zero attached hydrogens (tertiary/aromatic N) is 1. The Morgan fingerprint density at radius 2 is 1.95 bits per heavy atom. The Bertz CT molecular complexity index is 566. The van der Waals surface area contributed by atoms with Crippen LogP contribution in [0.2, 0.25) is 5.02 Å². The first-order valence-corrected chi connectivity index (χ1v) is 7.04. The monoisotopic (exact) mass is 300 g/mol. The van der Waals surface area contributed by atoms with Gasteiger partial charge in [-0.15, -0.1) is 0 Å². The number of hydrogen-bond acceptors (Lipinski definition) is 2. The average molecular weight is 301 g/mol. The summed E-state index contributed by atoms with van der Waals surface area (Å²) in [7, 11) is 0. The van der Waals surface area contributed by atoms with Gasteiger partial charge in [-0.25, -0.2) is 8.78 Å². The number of likely N-dealkylation sites (tertiary alicyclic amines) is 1. The molecule has 3 rings (SSSR count). The van der Waals surface area contributed by atoms with Crippen LogP contribution in [0.4, 0.5) is 8.78 Å². The van der Waals surface area contributed by atoms with Gasteiger partial charge in [0.1, 0.15) is 0 Å². The number of hydrogen-bond donors (Lipinski definition) is 1. The van der Waals surface area contributed by atoms with Gasteiger partial charge in [0.2, 0.25) is 0 Å². The Labute approximate surface area is 120 Å². The molecule has 1 heterocycles. The molecule has 0 aromatic heterocycles. The van der Waals surface area contributed by atoms with E-state index < -0.39 is 11.6 Å². The van der Waals surface area contributed by atoms with Crippen LogP contribution in [0.15, 0.2) is 12.1 Å². The van der Waals surface area contributed by atoms with Crippen molar-refractivity contribution in [3.63, 3.8) is 0 Å². The molecule has 0 radical (unpaired) electrons. The van der Waals surface area contributed by atoms with Gasteiger partial charge < -0.3 is 10.6 Å². The van der Waals surface area contributed by atoms with Crippen molar-refractivity contribution in [2.75, 3.05) is 13.1 Å². The highest BCUT2D eigenvalue weighted by molar-refractivity contribution is 6.33. The molecule has 1 aromatic rings. The number of fused-ring (bicyclic) bond motifs is 1. The molecule has 1 aliphatic heterocycles. The molecule has 1 saturated carbocycles. The Morgan fingerprint density at radius 3 is 2.65 bits per heavy atom. The Kier molecular flexibility index (Phi) is 3.42. The van der Waals surface area contributed by atoms with Crippen molar-refractivity contribution in [3.8, 4) is 0 Å². The number of nitrogens with two attached hydrogens (primary N) is 1. The Morgan fingerprint density at radius 1 is 1.25 bits per heavy atom. The van der Waals surface area contributed by atoms with Gasteiger partial charge in [0.05, 0.1) is 10.6 Å². The standard InChI is InChI=1S/C14H15ClF2N2O/c15-10-4-12(17)11(16)3-8(10)14(20)19-5-7-1-2-13(18)9(7)6-19/h3-4,7,9,13H,1-2,5-6,18H2. The summed E-state index contributed by atoms with van der Waals surface area (Å²) in [4.78, 5) is 14.0. The maximum absolute atomic E-state index is 13.3. The van der Waals surface area contributed by atoms with Gasteiger partial charge >= 0.3 is 0 Å². The van der Waals surface area contributed by atoms with Crippen LogP contribution in [-0.4, -0.2) is 29.9 Å². The molecule has 0 bridgehead atoms. The van der Waals surface area contributed by atoms with Gasteiger partial charge in [0.25, 0.3) is 5.91 Å². The second kappa shape index (κ2) is 4.97. The van der Waals surface area contributed by atoms with Gasteiger partial charge in [-0.1, -0.05) is 11.6 Å². The third-order valence-corrected chi connectivity index (χ3v) is 4.75. The summed E-state index contributed by atoms with van der Waals surface area (Å²) in [6.45, 7) is 1.19. The zero-order valence-electron chi connectivity index (χ0n) is 10.8. The number of amides is 1. The van der Waals surface area contributed by atoms with E-state index in [1.54, 1.807) is 4.90 Å². The van der Waals surface area contributed by atoms with E-state index in [1.165, 1.54) is 0 Å². The summed E-state index contributed by atoms with van der Waals surface area (Å²) in [6.07, 6.45) is 2.00. The van der Waals surface area contributed by atoms with E-state index in [0.717, 1.165) is 25.0 Å². The number of benzene rings is 1. The third kappa shape index (κ3) is 2.19. The lowest BCUT2D eigenvalue weighted by Crippen LogP contribution is -2.33. The van der Waals surface area contributed by atoms with Gasteiger partial charge in [-0.05, 0) is 36.8 Å². The van der Waals surface area contributed by atoms with Crippen molar-refractivity contribution < 1.29 is 13.6 Å². The molecule has 2 fully saturated rings. The predicted octanol–water partition coefficient (Wildman–Crippen LogP) is 2.43. The normalized spacial score (nSPS) is 28.8. The summed E-state index contributed by atoms with van der Waals surface area (Å²) in [5, 5.41) is -0.0599. The first kappa shape index (κ1) is 13.8. The van der Waals surface area contributed by atoms with Crippen LogP contribution in [0, 0.1) is 23.5 Å². The van der Waals surface area contributed by atoms with Crippen LogP contribution in [0.3, 0.4) is 0 Å². The molecule has 0 spiro atoms. The molecule has 3 atom stereocenters. The fourth-order valence-electron chi connectivity index (χ4n) is 3.33. The largest absolute Gasteiger partial charge is 0.338 e. The maximum Gasteiger partial charge on any atom is 0.255 e. The lowest BCUT2D eigenvalue weighted by Gasteiger charge is -2.19. The van der Waals surface area contributed by atoms with Crippen LogP contribution < -0.4 is 5.73 Å². The topological polar surface area (TPSA) is 46.3 Å². The van der Waals surface area contributed by atoms with Gasteiger partial charge in [-0.3, -0.25) is 4.79 Å². The molecule has 3 nitrogen and oxygen atoms in total. The van der Waals surface area contributed by atoms with Crippen molar-refractivity contribution in [3.05, 3.63) is 34.4 Å². The number of carbonyl (C=O) groups excluding carboxylic acids is 1.